The highest BCUT2D eigenvalue weighted by atomic mass is 35.5. The zero-order chi connectivity index (χ0) is 12.3. The first-order valence-electron chi connectivity index (χ1n) is 5.11. The van der Waals surface area contributed by atoms with Gasteiger partial charge in [0.15, 0.2) is 10.3 Å². The first kappa shape index (κ1) is 12.4. The van der Waals surface area contributed by atoms with Gasteiger partial charge in [-0.15, -0.1) is 11.3 Å². The minimum absolute atomic E-state index is 0.226. The highest BCUT2D eigenvalue weighted by Crippen LogP contribution is 2.31. The molecule has 0 radical (unpaired) electrons. The topological polar surface area (TPSA) is 48.7 Å². The molecule has 1 unspecified atom stereocenters. The van der Waals surface area contributed by atoms with Gasteiger partial charge in [0.05, 0.1) is 6.04 Å². The van der Waals surface area contributed by atoms with E-state index in [0.717, 1.165) is 6.42 Å². The Morgan fingerprint density at radius 2 is 2.47 bits per heavy atom. The molecule has 0 saturated heterocycles. The number of nitriles is 1. The van der Waals surface area contributed by atoms with Crippen molar-refractivity contribution in [2.45, 2.75) is 19.4 Å². The number of rotatable bonds is 4. The lowest BCUT2D eigenvalue weighted by molar-refractivity contribution is 0.762. The van der Waals surface area contributed by atoms with Crippen LogP contribution in [-0.4, -0.2) is 4.98 Å². The van der Waals surface area contributed by atoms with Crippen LogP contribution in [0.2, 0.25) is 5.15 Å². The van der Waals surface area contributed by atoms with Crippen LogP contribution in [0.1, 0.15) is 29.1 Å². The highest BCUT2D eigenvalue weighted by molar-refractivity contribution is 7.16. The lowest BCUT2D eigenvalue weighted by Crippen LogP contribution is -2.07. The molecular weight excluding hydrogens is 274 g/mol. The maximum atomic E-state index is 8.82. The Hall–Kier alpha value is -1.09. The molecule has 0 saturated carbocycles. The average molecular weight is 284 g/mol. The van der Waals surface area contributed by atoms with Crippen LogP contribution in [0.5, 0.6) is 0 Å². The molecule has 1 atom stereocenters. The number of aromatic nitrogens is 1. The van der Waals surface area contributed by atoms with Crippen molar-refractivity contribution in [3.05, 3.63) is 32.4 Å². The number of nitrogens with one attached hydrogen (secondary N) is 1. The molecular formula is C11H10ClN3S2. The zero-order valence-corrected chi connectivity index (χ0v) is 11.5. The maximum Gasteiger partial charge on any atom is 0.185 e. The summed E-state index contributed by atoms with van der Waals surface area (Å²) >= 11 is 8.83. The van der Waals surface area contributed by atoms with Crippen molar-refractivity contribution < 1.29 is 0 Å². The summed E-state index contributed by atoms with van der Waals surface area (Å²) in [5.41, 5.74) is 0. The summed E-state index contributed by atoms with van der Waals surface area (Å²) in [4.78, 5) is 5.85. The number of hydrogen-bond acceptors (Lipinski definition) is 5. The average Bonchev–Trinajstić information content (AvgIpc) is 2.95. The van der Waals surface area contributed by atoms with Crippen LogP contribution in [0.15, 0.2) is 17.5 Å². The van der Waals surface area contributed by atoms with Gasteiger partial charge in [-0.1, -0.05) is 35.9 Å². The van der Waals surface area contributed by atoms with Crippen LogP contribution in [0.3, 0.4) is 0 Å². The predicted octanol–water partition coefficient (Wildman–Crippen LogP) is 4.29. The largest absolute Gasteiger partial charge is 0.354 e. The Labute approximate surface area is 113 Å². The zero-order valence-electron chi connectivity index (χ0n) is 9.11. The van der Waals surface area contributed by atoms with Gasteiger partial charge >= 0.3 is 0 Å². The quantitative estimate of drug-likeness (QED) is 0.910. The highest BCUT2D eigenvalue weighted by Gasteiger charge is 2.14. The first-order valence-corrected chi connectivity index (χ1v) is 7.18. The molecule has 0 aliphatic carbocycles. The molecule has 1 N–H and O–H groups in total. The van der Waals surface area contributed by atoms with Crippen LogP contribution in [0.4, 0.5) is 5.13 Å². The number of nitrogens with zero attached hydrogens (tertiary/aromatic N) is 2. The second kappa shape index (κ2) is 5.50. The molecule has 0 aliphatic heterocycles. The third-order valence-corrected chi connectivity index (χ3v) is 4.54. The van der Waals surface area contributed by atoms with Crippen molar-refractivity contribution in [2.24, 2.45) is 0 Å². The molecule has 0 bridgehead atoms. The summed E-state index contributed by atoms with van der Waals surface area (Å²) in [6, 6.07) is 6.37. The van der Waals surface area contributed by atoms with Crippen molar-refractivity contribution in [1.82, 2.24) is 4.98 Å². The molecule has 3 nitrogen and oxygen atoms in total. The van der Waals surface area contributed by atoms with Crippen molar-refractivity contribution in [3.8, 4) is 6.07 Å². The van der Waals surface area contributed by atoms with Crippen LogP contribution in [-0.2, 0) is 0 Å². The molecule has 0 amide bonds. The monoisotopic (exact) mass is 283 g/mol. The smallest absolute Gasteiger partial charge is 0.185 e. The van der Waals surface area contributed by atoms with Gasteiger partial charge in [0.1, 0.15) is 10.9 Å². The second-order valence-electron chi connectivity index (χ2n) is 3.37. The summed E-state index contributed by atoms with van der Waals surface area (Å²) in [7, 11) is 0. The van der Waals surface area contributed by atoms with Gasteiger partial charge in [0, 0.05) is 4.88 Å². The molecule has 0 aliphatic rings. The SMILES string of the molecule is CCC(Nc1nc(Cl)c(C#N)s1)c1cccs1. The number of hydrogen-bond donors (Lipinski definition) is 1. The minimum atomic E-state index is 0.226. The van der Waals surface area contributed by atoms with Crippen LogP contribution < -0.4 is 5.32 Å². The van der Waals surface area contributed by atoms with E-state index in [-0.39, 0.29) is 11.2 Å². The molecule has 6 heteroatoms. The summed E-state index contributed by atoms with van der Waals surface area (Å²) in [5, 5.41) is 15.2. The summed E-state index contributed by atoms with van der Waals surface area (Å²) in [5.74, 6) is 0. The Bertz CT molecular complexity index is 527. The molecule has 17 heavy (non-hydrogen) atoms. The van der Waals surface area contributed by atoms with Gasteiger partial charge in [-0.3, -0.25) is 0 Å². The van der Waals surface area contributed by atoms with Gasteiger partial charge in [-0.25, -0.2) is 4.98 Å². The fourth-order valence-corrected chi connectivity index (χ4v) is 3.31. The van der Waals surface area contributed by atoms with E-state index in [4.69, 9.17) is 16.9 Å². The van der Waals surface area contributed by atoms with Crippen molar-refractivity contribution in [2.75, 3.05) is 5.32 Å². The lowest BCUT2D eigenvalue weighted by Gasteiger charge is -2.13. The third kappa shape index (κ3) is 2.78. The standard InChI is InChI=1S/C11H10ClN3S2/c1-2-7(8-4-3-5-16-8)14-11-15-10(12)9(6-13)17-11/h3-5,7H,2H2,1H3,(H,14,15). The molecule has 88 valence electrons. The van der Waals surface area contributed by atoms with E-state index in [1.165, 1.54) is 16.2 Å². The molecule has 0 fully saturated rings. The number of thiazole rings is 1. The van der Waals surface area contributed by atoms with E-state index >= 15 is 0 Å². The van der Waals surface area contributed by atoms with Gasteiger partial charge in [-0.05, 0) is 17.9 Å². The van der Waals surface area contributed by atoms with Crippen molar-refractivity contribution in [1.29, 1.82) is 5.26 Å². The number of anilines is 1. The van der Waals surface area contributed by atoms with Crippen LogP contribution >= 0.6 is 34.3 Å². The fraction of sp³-hybridized carbons (Fsp3) is 0.273. The van der Waals surface area contributed by atoms with E-state index in [9.17, 15) is 0 Å². The molecule has 2 aromatic heterocycles. The van der Waals surface area contributed by atoms with Crippen molar-refractivity contribution >= 4 is 39.4 Å². The van der Waals surface area contributed by atoms with Gasteiger partial charge in [-0.2, -0.15) is 5.26 Å². The molecule has 2 rings (SSSR count). The van der Waals surface area contributed by atoms with E-state index < -0.39 is 0 Å². The van der Waals surface area contributed by atoms with Gasteiger partial charge in [0.2, 0.25) is 0 Å². The minimum Gasteiger partial charge on any atom is -0.354 e. The Morgan fingerprint density at radius 1 is 1.65 bits per heavy atom. The van der Waals surface area contributed by atoms with E-state index in [1.807, 2.05) is 12.1 Å². The number of halogens is 1. The van der Waals surface area contributed by atoms with Crippen molar-refractivity contribution in [3.63, 3.8) is 0 Å². The molecule has 0 aromatic carbocycles. The molecule has 2 aromatic rings. The fourth-order valence-electron chi connectivity index (χ4n) is 1.45. The van der Waals surface area contributed by atoms with E-state index in [2.05, 4.69) is 28.7 Å². The molecule has 0 spiro atoms. The van der Waals surface area contributed by atoms with Gasteiger partial charge < -0.3 is 5.32 Å². The predicted molar refractivity (Wildman–Crippen MR) is 72.8 cm³/mol. The normalized spacial score (nSPS) is 12.1. The molecule has 2 heterocycles. The Morgan fingerprint density at radius 3 is 3.00 bits per heavy atom. The first-order chi connectivity index (χ1) is 8.24. The lowest BCUT2D eigenvalue weighted by atomic mass is 10.2. The summed E-state index contributed by atoms with van der Waals surface area (Å²) in [6.07, 6.45) is 0.958. The van der Waals surface area contributed by atoms with Gasteiger partial charge in [0.25, 0.3) is 0 Å². The van der Waals surface area contributed by atoms with E-state index in [1.54, 1.807) is 11.3 Å². The van der Waals surface area contributed by atoms with E-state index in [0.29, 0.717) is 10.0 Å². The third-order valence-electron chi connectivity index (χ3n) is 2.28. The summed E-state index contributed by atoms with van der Waals surface area (Å²) < 4.78 is 0. The van der Waals surface area contributed by atoms with Crippen LogP contribution in [0, 0.1) is 11.3 Å². The number of thiophene rings is 1. The van der Waals surface area contributed by atoms with Crippen LogP contribution in [0.25, 0.3) is 0 Å². The second-order valence-corrected chi connectivity index (χ2v) is 5.71. The Balaban J connectivity index is 2.16. The summed E-state index contributed by atoms with van der Waals surface area (Å²) in [6.45, 7) is 2.11. The maximum absolute atomic E-state index is 8.82. The Kier molecular flexibility index (Phi) is 4.00.